The summed E-state index contributed by atoms with van der Waals surface area (Å²) in [4.78, 5) is 12.1. The Morgan fingerprint density at radius 1 is 1.15 bits per heavy atom. The van der Waals surface area contributed by atoms with Gasteiger partial charge in [-0.2, -0.15) is 0 Å². The maximum absolute atomic E-state index is 12.1. The molecule has 6 heteroatoms. The summed E-state index contributed by atoms with van der Waals surface area (Å²) in [5, 5.41) is 2.91. The number of fused-ring (bicyclic) bond motifs is 1. The molecule has 0 saturated heterocycles. The fraction of sp³-hybridized carbons (Fsp3) is 0.286. The largest absolute Gasteiger partial charge is 0.493 e. The number of nitrogens with one attached hydrogen (secondary N) is 1. The second-order valence-electron chi connectivity index (χ2n) is 5.94. The molecule has 1 aliphatic rings. The van der Waals surface area contributed by atoms with Crippen LogP contribution in [-0.4, -0.2) is 26.4 Å². The smallest absolute Gasteiger partial charge is 0.231 e. The first-order valence-electron chi connectivity index (χ1n) is 8.58. The van der Waals surface area contributed by atoms with E-state index in [9.17, 15) is 4.79 Å². The minimum Gasteiger partial charge on any atom is -0.493 e. The first kappa shape index (κ1) is 18.5. The minimum absolute atomic E-state index is 0.0284. The SMILES string of the molecule is C#CCOc1ccc(CCC(=O)NCc2ccc3c(c2)OCO3)cc1OC. The van der Waals surface area contributed by atoms with Crippen LogP contribution in [0.3, 0.4) is 0 Å². The van der Waals surface area contributed by atoms with Gasteiger partial charge in [0.15, 0.2) is 23.0 Å². The van der Waals surface area contributed by atoms with Crippen molar-refractivity contribution >= 4 is 5.91 Å². The van der Waals surface area contributed by atoms with Gasteiger partial charge in [0.2, 0.25) is 12.7 Å². The van der Waals surface area contributed by atoms with Gasteiger partial charge in [-0.05, 0) is 41.8 Å². The lowest BCUT2D eigenvalue weighted by molar-refractivity contribution is -0.121. The second-order valence-corrected chi connectivity index (χ2v) is 5.94. The van der Waals surface area contributed by atoms with Crippen LogP contribution in [0.25, 0.3) is 0 Å². The third-order valence-corrected chi connectivity index (χ3v) is 4.11. The lowest BCUT2D eigenvalue weighted by atomic mass is 10.1. The van der Waals surface area contributed by atoms with Crippen molar-refractivity contribution in [3.05, 3.63) is 47.5 Å². The molecule has 6 nitrogen and oxygen atoms in total. The Balaban J connectivity index is 1.49. The van der Waals surface area contributed by atoms with Crippen molar-refractivity contribution in [2.24, 2.45) is 0 Å². The molecule has 0 aliphatic carbocycles. The Bertz CT molecular complexity index is 856. The van der Waals surface area contributed by atoms with Crippen LogP contribution < -0.4 is 24.3 Å². The average Bonchev–Trinajstić information content (AvgIpc) is 3.17. The van der Waals surface area contributed by atoms with E-state index in [-0.39, 0.29) is 19.3 Å². The quantitative estimate of drug-likeness (QED) is 0.727. The number of aryl methyl sites for hydroxylation is 1. The van der Waals surface area contributed by atoms with Crippen molar-refractivity contribution in [1.29, 1.82) is 0 Å². The Labute approximate surface area is 158 Å². The van der Waals surface area contributed by atoms with Crippen LogP contribution >= 0.6 is 0 Å². The summed E-state index contributed by atoms with van der Waals surface area (Å²) in [7, 11) is 1.57. The normalized spacial score (nSPS) is 11.6. The van der Waals surface area contributed by atoms with Gasteiger partial charge >= 0.3 is 0 Å². The lowest BCUT2D eigenvalue weighted by Gasteiger charge is -2.11. The number of rotatable bonds is 8. The molecule has 0 unspecified atom stereocenters. The average molecular weight is 367 g/mol. The number of ether oxygens (including phenoxy) is 4. The third-order valence-electron chi connectivity index (χ3n) is 4.11. The van der Waals surface area contributed by atoms with E-state index in [4.69, 9.17) is 25.4 Å². The molecule has 0 fully saturated rings. The van der Waals surface area contributed by atoms with Crippen LogP contribution in [-0.2, 0) is 17.8 Å². The van der Waals surface area contributed by atoms with E-state index in [1.807, 2.05) is 30.3 Å². The predicted octanol–water partition coefficient (Wildman–Crippen LogP) is 2.68. The Hall–Kier alpha value is -3.33. The van der Waals surface area contributed by atoms with Gasteiger partial charge in [-0.25, -0.2) is 0 Å². The van der Waals surface area contributed by atoms with Gasteiger partial charge in [-0.15, -0.1) is 6.42 Å². The highest BCUT2D eigenvalue weighted by molar-refractivity contribution is 5.76. The predicted molar refractivity (Wildman–Crippen MR) is 100 cm³/mol. The van der Waals surface area contributed by atoms with Crippen LogP contribution in [0.15, 0.2) is 36.4 Å². The summed E-state index contributed by atoms with van der Waals surface area (Å²) >= 11 is 0. The molecule has 2 aromatic carbocycles. The van der Waals surface area contributed by atoms with Gasteiger partial charge in [0.05, 0.1) is 7.11 Å². The summed E-state index contributed by atoms with van der Waals surface area (Å²) in [6, 6.07) is 11.2. The van der Waals surface area contributed by atoms with Crippen molar-refractivity contribution in [1.82, 2.24) is 5.32 Å². The van der Waals surface area contributed by atoms with Crippen molar-refractivity contribution in [2.45, 2.75) is 19.4 Å². The van der Waals surface area contributed by atoms with E-state index in [0.717, 1.165) is 16.9 Å². The molecule has 1 N–H and O–H groups in total. The molecule has 0 saturated carbocycles. The van der Waals surface area contributed by atoms with Crippen molar-refractivity contribution in [2.75, 3.05) is 20.5 Å². The Morgan fingerprint density at radius 3 is 2.78 bits per heavy atom. The topological polar surface area (TPSA) is 66.0 Å². The molecule has 0 atom stereocenters. The van der Waals surface area contributed by atoms with Gasteiger partial charge < -0.3 is 24.3 Å². The summed E-state index contributed by atoms with van der Waals surface area (Å²) in [6.45, 7) is 0.858. The maximum atomic E-state index is 12.1. The molecule has 0 radical (unpaired) electrons. The molecule has 0 spiro atoms. The summed E-state index contributed by atoms with van der Waals surface area (Å²) in [5.74, 6) is 5.02. The Morgan fingerprint density at radius 2 is 1.96 bits per heavy atom. The van der Waals surface area contributed by atoms with Crippen molar-refractivity contribution in [3.63, 3.8) is 0 Å². The van der Waals surface area contributed by atoms with Gasteiger partial charge in [-0.3, -0.25) is 4.79 Å². The molecular weight excluding hydrogens is 346 g/mol. The van der Waals surface area contributed by atoms with E-state index in [1.54, 1.807) is 13.2 Å². The van der Waals surface area contributed by atoms with Crippen LogP contribution in [0.4, 0.5) is 0 Å². The minimum atomic E-state index is -0.0284. The van der Waals surface area contributed by atoms with E-state index in [1.165, 1.54) is 0 Å². The third kappa shape index (κ3) is 4.85. The number of amides is 1. The molecule has 1 amide bonds. The standard InChI is InChI=1S/C21H21NO5/c1-3-10-25-17-7-4-15(11-19(17)24-2)6-9-21(23)22-13-16-5-8-18-20(12-16)27-14-26-18/h1,4-5,7-8,11-12H,6,9-10,13-14H2,2H3,(H,22,23). The molecule has 3 rings (SSSR count). The number of hydrogen-bond acceptors (Lipinski definition) is 5. The van der Waals surface area contributed by atoms with Crippen molar-refractivity contribution in [3.8, 4) is 35.3 Å². The van der Waals surface area contributed by atoms with E-state index in [0.29, 0.717) is 36.6 Å². The van der Waals surface area contributed by atoms with Gasteiger partial charge in [0.1, 0.15) is 6.61 Å². The monoisotopic (exact) mass is 367 g/mol. The number of methoxy groups -OCH3 is 1. The number of benzene rings is 2. The molecule has 1 aliphatic heterocycles. The van der Waals surface area contributed by atoms with E-state index < -0.39 is 0 Å². The number of carbonyl (C=O) groups is 1. The highest BCUT2D eigenvalue weighted by Gasteiger charge is 2.13. The molecule has 140 valence electrons. The van der Waals surface area contributed by atoms with Crippen LogP contribution in [0.1, 0.15) is 17.5 Å². The highest BCUT2D eigenvalue weighted by atomic mass is 16.7. The number of hydrogen-bond donors (Lipinski definition) is 1. The highest BCUT2D eigenvalue weighted by Crippen LogP contribution is 2.32. The van der Waals surface area contributed by atoms with Crippen LogP contribution in [0.5, 0.6) is 23.0 Å². The first-order valence-corrected chi connectivity index (χ1v) is 8.58. The molecule has 1 heterocycles. The first-order chi connectivity index (χ1) is 13.2. The second kappa shape index (κ2) is 8.86. The van der Waals surface area contributed by atoms with E-state index >= 15 is 0 Å². The number of terminal acetylenes is 1. The zero-order valence-electron chi connectivity index (χ0n) is 15.1. The van der Waals surface area contributed by atoms with Gasteiger partial charge in [0.25, 0.3) is 0 Å². The van der Waals surface area contributed by atoms with Crippen molar-refractivity contribution < 1.29 is 23.7 Å². The molecule has 0 bridgehead atoms. The summed E-state index contributed by atoms with van der Waals surface area (Å²) in [6.07, 6.45) is 6.17. The Kier molecular flexibility index (Phi) is 6.06. The van der Waals surface area contributed by atoms with Crippen LogP contribution in [0, 0.1) is 12.3 Å². The molecule has 2 aromatic rings. The summed E-state index contributed by atoms with van der Waals surface area (Å²) in [5.41, 5.74) is 1.95. The van der Waals surface area contributed by atoms with Gasteiger partial charge in [0, 0.05) is 13.0 Å². The molecule has 27 heavy (non-hydrogen) atoms. The number of carbonyl (C=O) groups excluding carboxylic acids is 1. The molecular formula is C21H21NO5. The summed E-state index contributed by atoms with van der Waals surface area (Å²) < 4.78 is 21.3. The zero-order chi connectivity index (χ0) is 19.1. The fourth-order valence-electron chi connectivity index (χ4n) is 2.70. The zero-order valence-corrected chi connectivity index (χ0v) is 15.1. The lowest BCUT2D eigenvalue weighted by Crippen LogP contribution is -2.22. The fourth-order valence-corrected chi connectivity index (χ4v) is 2.70. The van der Waals surface area contributed by atoms with Crippen LogP contribution in [0.2, 0.25) is 0 Å². The van der Waals surface area contributed by atoms with Gasteiger partial charge in [-0.1, -0.05) is 18.1 Å². The molecule has 0 aromatic heterocycles. The maximum Gasteiger partial charge on any atom is 0.231 e. The van der Waals surface area contributed by atoms with E-state index in [2.05, 4.69) is 11.2 Å².